The molecule has 2 heterocycles. The Bertz CT molecular complexity index is 510. The van der Waals surface area contributed by atoms with Gasteiger partial charge in [-0.15, -0.1) is 0 Å². The number of fused-ring (bicyclic) bond motifs is 2. The molecule has 0 N–H and O–H groups in total. The zero-order valence-electron chi connectivity index (χ0n) is 12.4. The van der Waals surface area contributed by atoms with Crippen LogP contribution in [0, 0.1) is 11.8 Å². The van der Waals surface area contributed by atoms with E-state index >= 15 is 0 Å². The summed E-state index contributed by atoms with van der Waals surface area (Å²) < 4.78 is 0. The van der Waals surface area contributed by atoms with Gasteiger partial charge >= 0.3 is 0 Å². The van der Waals surface area contributed by atoms with Gasteiger partial charge in [-0.25, -0.2) is 0 Å². The minimum Gasteiger partial charge on any atom is -0.336 e. The summed E-state index contributed by atoms with van der Waals surface area (Å²) in [6.07, 6.45) is 9.15. The van der Waals surface area contributed by atoms with Crippen molar-refractivity contribution < 1.29 is 4.79 Å². The molecule has 3 atom stereocenters. The Hall–Kier alpha value is -1.42. The number of rotatable bonds is 2. The van der Waals surface area contributed by atoms with Gasteiger partial charge in [0, 0.05) is 50.2 Å². The number of hydrogen-bond donors (Lipinski definition) is 0. The SMILES string of the molecule is O=C(c1ccncc1)N1CCN(C2CC3CCC2C3)CC1. The monoisotopic (exact) mass is 285 g/mol. The van der Waals surface area contributed by atoms with Crippen molar-refractivity contribution in [3.05, 3.63) is 30.1 Å². The van der Waals surface area contributed by atoms with Crippen LogP contribution in [0.15, 0.2) is 24.5 Å². The van der Waals surface area contributed by atoms with E-state index in [1.54, 1.807) is 12.4 Å². The van der Waals surface area contributed by atoms with Gasteiger partial charge in [0.2, 0.25) is 0 Å². The number of carbonyl (C=O) groups excluding carboxylic acids is 1. The highest BCUT2D eigenvalue weighted by Crippen LogP contribution is 2.46. The molecule has 3 fully saturated rings. The molecule has 112 valence electrons. The number of carbonyl (C=O) groups is 1. The second-order valence-electron chi connectivity index (χ2n) is 6.81. The maximum atomic E-state index is 12.4. The molecule has 2 bridgehead atoms. The Morgan fingerprint density at radius 3 is 2.43 bits per heavy atom. The predicted octanol–water partition coefficient (Wildman–Crippen LogP) is 2.03. The molecule has 2 saturated carbocycles. The van der Waals surface area contributed by atoms with E-state index in [2.05, 4.69) is 9.88 Å². The van der Waals surface area contributed by atoms with Crippen molar-refractivity contribution in [2.45, 2.75) is 31.7 Å². The van der Waals surface area contributed by atoms with Crippen molar-refractivity contribution in [3.63, 3.8) is 0 Å². The van der Waals surface area contributed by atoms with Crippen LogP contribution < -0.4 is 0 Å². The highest BCUT2D eigenvalue weighted by atomic mass is 16.2. The van der Waals surface area contributed by atoms with Crippen molar-refractivity contribution in [1.82, 2.24) is 14.8 Å². The van der Waals surface area contributed by atoms with E-state index in [0.717, 1.165) is 49.6 Å². The summed E-state index contributed by atoms with van der Waals surface area (Å²) in [6, 6.07) is 4.43. The molecule has 4 nitrogen and oxygen atoms in total. The Kier molecular flexibility index (Phi) is 3.42. The summed E-state index contributed by atoms with van der Waals surface area (Å²) in [4.78, 5) is 21.1. The maximum Gasteiger partial charge on any atom is 0.254 e. The molecule has 0 spiro atoms. The van der Waals surface area contributed by atoms with Gasteiger partial charge in [0.15, 0.2) is 0 Å². The van der Waals surface area contributed by atoms with Crippen LogP contribution in [0.2, 0.25) is 0 Å². The van der Waals surface area contributed by atoms with Crippen molar-refractivity contribution >= 4 is 5.91 Å². The van der Waals surface area contributed by atoms with E-state index in [0.29, 0.717) is 0 Å². The summed E-state index contributed by atoms with van der Waals surface area (Å²) in [7, 11) is 0. The molecule has 0 aromatic carbocycles. The molecule has 2 aliphatic carbocycles. The first kappa shape index (κ1) is 13.3. The summed E-state index contributed by atoms with van der Waals surface area (Å²) >= 11 is 0. The fraction of sp³-hybridized carbons (Fsp3) is 0.647. The van der Waals surface area contributed by atoms with Gasteiger partial charge in [-0.2, -0.15) is 0 Å². The molecular weight excluding hydrogens is 262 g/mol. The van der Waals surface area contributed by atoms with E-state index < -0.39 is 0 Å². The highest BCUT2D eigenvalue weighted by Gasteiger charge is 2.42. The van der Waals surface area contributed by atoms with Crippen LogP contribution in [-0.4, -0.2) is 52.9 Å². The minimum absolute atomic E-state index is 0.157. The van der Waals surface area contributed by atoms with Gasteiger partial charge in [-0.1, -0.05) is 6.42 Å². The first-order valence-corrected chi connectivity index (χ1v) is 8.24. The van der Waals surface area contributed by atoms with Crippen LogP contribution in [-0.2, 0) is 0 Å². The third-order valence-electron chi connectivity index (χ3n) is 5.70. The summed E-state index contributed by atoms with van der Waals surface area (Å²) in [6.45, 7) is 3.83. The van der Waals surface area contributed by atoms with E-state index in [4.69, 9.17) is 0 Å². The maximum absolute atomic E-state index is 12.4. The van der Waals surface area contributed by atoms with Gasteiger partial charge < -0.3 is 4.90 Å². The lowest BCUT2D eigenvalue weighted by molar-refractivity contribution is 0.0496. The first-order valence-electron chi connectivity index (χ1n) is 8.24. The van der Waals surface area contributed by atoms with E-state index in [1.807, 2.05) is 17.0 Å². The van der Waals surface area contributed by atoms with Crippen LogP contribution in [0.1, 0.15) is 36.0 Å². The molecule has 4 rings (SSSR count). The molecule has 4 heteroatoms. The van der Waals surface area contributed by atoms with Crippen molar-refractivity contribution in [1.29, 1.82) is 0 Å². The number of nitrogens with zero attached hydrogens (tertiary/aromatic N) is 3. The average molecular weight is 285 g/mol. The first-order chi connectivity index (χ1) is 10.3. The number of pyridine rings is 1. The van der Waals surface area contributed by atoms with Gasteiger partial charge in [0.05, 0.1) is 0 Å². The average Bonchev–Trinajstić information content (AvgIpc) is 3.18. The lowest BCUT2D eigenvalue weighted by Gasteiger charge is -2.41. The Balaban J connectivity index is 1.36. The van der Waals surface area contributed by atoms with E-state index in [1.165, 1.54) is 25.7 Å². The van der Waals surface area contributed by atoms with Crippen LogP contribution in [0.3, 0.4) is 0 Å². The quantitative estimate of drug-likeness (QED) is 0.834. The van der Waals surface area contributed by atoms with Gasteiger partial charge in [-0.05, 0) is 43.2 Å². The van der Waals surface area contributed by atoms with Gasteiger partial charge in [0.1, 0.15) is 0 Å². The van der Waals surface area contributed by atoms with E-state index in [9.17, 15) is 4.79 Å². The smallest absolute Gasteiger partial charge is 0.254 e. The third-order valence-corrected chi connectivity index (χ3v) is 5.70. The molecule has 0 radical (unpaired) electrons. The predicted molar refractivity (Wildman–Crippen MR) is 80.9 cm³/mol. The lowest BCUT2D eigenvalue weighted by atomic mass is 9.93. The molecule has 1 aromatic rings. The number of amides is 1. The molecule has 3 unspecified atom stereocenters. The second-order valence-corrected chi connectivity index (χ2v) is 6.81. The zero-order valence-corrected chi connectivity index (χ0v) is 12.4. The van der Waals surface area contributed by atoms with Crippen LogP contribution in [0.5, 0.6) is 0 Å². The Labute approximate surface area is 126 Å². The fourth-order valence-corrected chi connectivity index (χ4v) is 4.59. The van der Waals surface area contributed by atoms with Crippen LogP contribution >= 0.6 is 0 Å². The third kappa shape index (κ3) is 2.46. The second kappa shape index (κ2) is 5.41. The van der Waals surface area contributed by atoms with E-state index in [-0.39, 0.29) is 5.91 Å². The molecular formula is C17H23N3O. The zero-order chi connectivity index (χ0) is 14.2. The standard InChI is InChI=1S/C17H23N3O/c21-17(14-3-5-18-6-4-14)20-9-7-19(8-10-20)16-12-13-1-2-15(16)11-13/h3-6,13,15-16H,1-2,7-12H2. The van der Waals surface area contributed by atoms with Gasteiger partial charge in [-0.3, -0.25) is 14.7 Å². The highest BCUT2D eigenvalue weighted by molar-refractivity contribution is 5.94. The van der Waals surface area contributed by atoms with Gasteiger partial charge in [0.25, 0.3) is 5.91 Å². The minimum atomic E-state index is 0.157. The van der Waals surface area contributed by atoms with Crippen molar-refractivity contribution in [2.24, 2.45) is 11.8 Å². The Morgan fingerprint density at radius 2 is 1.81 bits per heavy atom. The fourth-order valence-electron chi connectivity index (χ4n) is 4.59. The topological polar surface area (TPSA) is 36.4 Å². The lowest BCUT2D eigenvalue weighted by Crippen LogP contribution is -2.53. The Morgan fingerprint density at radius 1 is 1.05 bits per heavy atom. The number of piperazine rings is 1. The molecule has 3 aliphatic rings. The van der Waals surface area contributed by atoms with Crippen LogP contribution in [0.25, 0.3) is 0 Å². The molecule has 1 saturated heterocycles. The number of hydrogen-bond acceptors (Lipinski definition) is 3. The summed E-state index contributed by atoms with van der Waals surface area (Å²) in [5.74, 6) is 2.10. The van der Waals surface area contributed by atoms with Crippen molar-refractivity contribution in [2.75, 3.05) is 26.2 Å². The summed E-state index contributed by atoms with van der Waals surface area (Å²) in [5, 5.41) is 0. The van der Waals surface area contributed by atoms with Crippen LogP contribution in [0.4, 0.5) is 0 Å². The molecule has 1 aromatic heterocycles. The molecule has 1 aliphatic heterocycles. The molecule has 1 amide bonds. The largest absolute Gasteiger partial charge is 0.336 e. The normalized spacial score (nSPS) is 32.6. The summed E-state index contributed by atoms with van der Waals surface area (Å²) in [5.41, 5.74) is 0.762. The van der Waals surface area contributed by atoms with Crippen molar-refractivity contribution in [3.8, 4) is 0 Å². The molecule has 21 heavy (non-hydrogen) atoms. The number of aromatic nitrogens is 1.